The molecule has 3 heterocycles. The third kappa shape index (κ3) is 4.69. The van der Waals surface area contributed by atoms with Crippen molar-refractivity contribution < 1.29 is 21.9 Å². The topological polar surface area (TPSA) is 132 Å². The van der Waals surface area contributed by atoms with Crippen LogP contribution >= 0.6 is 11.6 Å². The molecule has 1 aliphatic heterocycles. The molecule has 13 heteroatoms. The van der Waals surface area contributed by atoms with E-state index in [4.69, 9.17) is 22.1 Å². The highest BCUT2D eigenvalue weighted by Gasteiger charge is 2.25. The molecule has 0 saturated carbocycles. The van der Waals surface area contributed by atoms with Gasteiger partial charge < -0.3 is 21.1 Å². The molecule has 5 rings (SSSR count). The van der Waals surface area contributed by atoms with E-state index in [1.165, 1.54) is 24.5 Å². The van der Waals surface area contributed by atoms with Crippen molar-refractivity contribution in [1.29, 1.82) is 0 Å². The van der Waals surface area contributed by atoms with Gasteiger partial charge in [-0.1, -0.05) is 17.7 Å². The summed E-state index contributed by atoms with van der Waals surface area (Å²) in [5.41, 5.74) is 8.12. The molecule has 0 atom stereocenters. The Kier molecular flexibility index (Phi) is 6.24. The third-order valence-corrected chi connectivity index (χ3v) is 7.11. The van der Waals surface area contributed by atoms with E-state index in [0.717, 1.165) is 12.3 Å². The van der Waals surface area contributed by atoms with E-state index in [-0.39, 0.29) is 44.6 Å². The molecule has 0 bridgehead atoms. The number of halogens is 3. The van der Waals surface area contributed by atoms with Crippen LogP contribution in [-0.2, 0) is 15.6 Å². The van der Waals surface area contributed by atoms with Crippen molar-refractivity contribution in [2.45, 2.75) is 12.7 Å². The molecule has 4 N–H and O–H groups in total. The number of pyridine rings is 1. The molecule has 0 fully saturated rings. The van der Waals surface area contributed by atoms with Crippen molar-refractivity contribution in [3.8, 4) is 17.0 Å². The molecular weight excluding hydrogens is 526 g/mol. The Hall–Kier alpha value is -3.77. The van der Waals surface area contributed by atoms with E-state index < -0.39 is 21.5 Å². The molecule has 37 heavy (non-hydrogen) atoms. The SMILES string of the molecule is Cc1c(-c2c(F)c(N)c3cnc(Nc4ccc(CS(C)(=O)=O)cc4F)nc3c2Cl)cnc2c1NCCO2. The number of benzene rings is 2. The number of anilines is 4. The second-order valence-electron chi connectivity index (χ2n) is 8.63. The van der Waals surface area contributed by atoms with Gasteiger partial charge in [-0.05, 0) is 30.2 Å². The lowest BCUT2D eigenvalue weighted by molar-refractivity contribution is 0.310. The van der Waals surface area contributed by atoms with Crippen molar-refractivity contribution >= 4 is 55.4 Å². The van der Waals surface area contributed by atoms with Crippen molar-refractivity contribution in [1.82, 2.24) is 15.0 Å². The summed E-state index contributed by atoms with van der Waals surface area (Å²) >= 11 is 6.67. The van der Waals surface area contributed by atoms with E-state index in [1.807, 2.05) is 0 Å². The van der Waals surface area contributed by atoms with Crippen LogP contribution in [0.5, 0.6) is 5.88 Å². The second kappa shape index (κ2) is 9.27. The number of nitrogens with one attached hydrogen (secondary N) is 2. The molecule has 0 radical (unpaired) electrons. The maximum absolute atomic E-state index is 15.5. The number of nitrogens with zero attached hydrogens (tertiary/aromatic N) is 3. The van der Waals surface area contributed by atoms with Crippen LogP contribution < -0.4 is 21.1 Å². The van der Waals surface area contributed by atoms with Gasteiger partial charge in [-0.2, -0.15) is 0 Å². The third-order valence-electron chi connectivity index (χ3n) is 5.89. The van der Waals surface area contributed by atoms with Gasteiger partial charge in [0.1, 0.15) is 18.1 Å². The van der Waals surface area contributed by atoms with Gasteiger partial charge in [0.15, 0.2) is 15.7 Å². The zero-order valence-corrected chi connectivity index (χ0v) is 21.3. The molecule has 9 nitrogen and oxygen atoms in total. The minimum atomic E-state index is -3.32. The van der Waals surface area contributed by atoms with Gasteiger partial charge in [-0.3, -0.25) is 0 Å². The molecule has 0 amide bonds. The first-order chi connectivity index (χ1) is 17.5. The summed E-state index contributed by atoms with van der Waals surface area (Å²) in [5, 5.41) is 6.12. The van der Waals surface area contributed by atoms with E-state index >= 15 is 4.39 Å². The van der Waals surface area contributed by atoms with Gasteiger partial charge in [0.05, 0.1) is 27.7 Å². The predicted molar refractivity (Wildman–Crippen MR) is 139 cm³/mol. The fourth-order valence-corrected chi connectivity index (χ4v) is 5.27. The second-order valence-corrected chi connectivity index (χ2v) is 11.2. The number of aromatic nitrogens is 3. The number of rotatable bonds is 5. The predicted octanol–water partition coefficient (Wildman–Crippen LogP) is 4.61. The van der Waals surface area contributed by atoms with Crippen molar-refractivity contribution in [3.63, 3.8) is 0 Å². The summed E-state index contributed by atoms with van der Waals surface area (Å²) < 4.78 is 58.7. The molecule has 0 aliphatic carbocycles. The Morgan fingerprint density at radius 2 is 2.03 bits per heavy atom. The van der Waals surface area contributed by atoms with Crippen molar-refractivity contribution in [2.75, 3.05) is 35.8 Å². The molecule has 4 aromatic rings. The average Bonchev–Trinajstić information content (AvgIpc) is 2.85. The highest BCUT2D eigenvalue weighted by molar-refractivity contribution is 7.89. The van der Waals surface area contributed by atoms with E-state index in [1.54, 1.807) is 6.92 Å². The molecule has 1 aliphatic rings. The van der Waals surface area contributed by atoms with Gasteiger partial charge in [-0.25, -0.2) is 32.2 Å². The van der Waals surface area contributed by atoms with E-state index in [9.17, 15) is 12.8 Å². The molecule has 0 saturated heterocycles. The molecule has 2 aromatic heterocycles. The molecule has 192 valence electrons. The van der Waals surface area contributed by atoms with Crippen molar-refractivity contribution in [2.24, 2.45) is 0 Å². The lowest BCUT2D eigenvalue weighted by Gasteiger charge is -2.22. The summed E-state index contributed by atoms with van der Waals surface area (Å²) in [4.78, 5) is 12.8. The lowest BCUT2D eigenvalue weighted by Crippen LogP contribution is -2.20. The molecule has 0 unspecified atom stereocenters. The van der Waals surface area contributed by atoms with Crippen LogP contribution in [0.25, 0.3) is 22.0 Å². The quantitative estimate of drug-likeness (QED) is 0.307. The Morgan fingerprint density at radius 3 is 2.76 bits per heavy atom. The summed E-state index contributed by atoms with van der Waals surface area (Å²) in [5.74, 6) is -1.33. The van der Waals surface area contributed by atoms with Gasteiger partial charge in [-0.15, -0.1) is 0 Å². The van der Waals surface area contributed by atoms with Crippen LogP contribution in [0.15, 0.2) is 30.6 Å². The maximum Gasteiger partial charge on any atom is 0.237 e. The van der Waals surface area contributed by atoms with Gasteiger partial charge in [0.2, 0.25) is 11.8 Å². The summed E-state index contributed by atoms with van der Waals surface area (Å²) in [7, 11) is -3.32. The van der Waals surface area contributed by atoms with Crippen molar-refractivity contribution in [3.05, 3.63) is 58.4 Å². The molecule has 2 aromatic carbocycles. The zero-order chi connectivity index (χ0) is 26.5. The average molecular weight is 547 g/mol. The summed E-state index contributed by atoms with van der Waals surface area (Å²) in [6, 6.07) is 3.98. The Labute approximate surface area is 216 Å². The number of fused-ring (bicyclic) bond motifs is 2. The standard InChI is InChI=1S/C24H21ClF2N6O3S/c1-11-13(8-30-23-21(11)29-5-6-36-23)17-18(25)22-14(20(28)19(17)27)9-31-24(33-22)32-16-4-3-12(7-15(16)26)10-37(2,34)35/h3-4,7-9,29H,5-6,10,28H2,1-2H3,(H,31,32,33). The Balaban J connectivity index is 1.57. The van der Waals surface area contributed by atoms with Crippen LogP contribution in [0.2, 0.25) is 5.02 Å². The minimum absolute atomic E-state index is 0.0160. The maximum atomic E-state index is 15.5. The number of nitrogens with two attached hydrogens (primary N) is 1. The smallest absolute Gasteiger partial charge is 0.237 e. The Morgan fingerprint density at radius 1 is 1.24 bits per heavy atom. The van der Waals surface area contributed by atoms with Crippen LogP contribution in [-0.4, -0.2) is 42.8 Å². The number of ether oxygens (including phenoxy) is 1. The number of sulfone groups is 1. The van der Waals surface area contributed by atoms with E-state index in [2.05, 4.69) is 25.6 Å². The van der Waals surface area contributed by atoms with Gasteiger partial charge >= 0.3 is 0 Å². The highest BCUT2D eigenvalue weighted by Crippen LogP contribution is 2.44. The first-order valence-corrected chi connectivity index (χ1v) is 13.5. The fraction of sp³-hybridized carbons (Fsp3) is 0.208. The normalized spacial score (nSPS) is 13.1. The number of hydrogen-bond donors (Lipinski definition) is 3. The highest BCUT2D eigenvalue weighted by atomic mass is 35.5. The molecule has 0 spiro atoms. The molecular formula is C24H21ClF2N6O3S. The van der Waals surface area contributed by atoms with Gasteiger partial charge in [0, 0.05) is 41.7 Å². The first kappa shape index (κ1) is 24.9. The lowest BCUT2D eigenvalue weighted by atomic mass is 9.98. The van der Waals surface area contributed by atoms with Crippen LogP contribution in [0.3, 0.4) is 0 Å². The monoisotopic (exact) mass is 546 g/mol. The largest absolute Gasteiger partial charge is 0.474 e. The van der Waals surface area contributed by atoms with Crippen LogP contribution in [0, 0.1) is 18.6 Å². The number of nitrogen functional groups attached to an aromatic ring is 1. The minimum Gasteiger partial charge on any atom is -0.474 e. The van der Waals surface area contributed by atoms with Crippen LogP contribution in [0.1, 0.15) is 11.1 Å². The fourth-order valence-electron chi connectivity index (χ4n) is 4.16. The summed E-state index contributed by atoms with van der Waals surface area (Å²) in [6.45, 7) is 2.82. The zero-order valence-electron chi connectivity index (χ0n) is 19.7. The Bertz CT molecular complexity index is 1680. The summed E-state index contributed by atoms with van der Waals surface area (Å²) in [6.07, 6.45) is 3.82. The first-order valence-electron chi connectivity index (χ1n) is 11.1. The number of hydrogen-bond acceptors (Lipinski definition) is 9. The van der Waals surface area contributed by atoms with Gasteiger partial charge in [0.25, 0.3) is 0 Å². The van der Waals surface area contributed by atoms with Crippen LogP contribution in [0.4, 0.5) is 31.8 Å². The van der Waals surface area contributed by atoms with E-state index in [0.29, 0.717) is 41.4 Å².